The zero-order chi connectivity index (χ0) is 13.9. The van der Waals surface area contributed by atoms with E-state index in [4.69, 9.17) is 0 Å². The highest BCUT2D eigenvalue weighted by molar-refractivity contribution is 5.62. The summed E-state index contributed by atoms with van der Waals surface area (Å²) in [6.45, 7) is 2.99. The molecule has 1 heterocycles. The third-order valence-electron chi connectivity index (χ3n) is 3.36. The Morgan fingerprint density at radius 2 is 2.10 bits per heavy atom. The second-order valence-corrected chi connectivity index (χ2v) is 5.21. The second kappa shape index (κ2) is 5.57. The van der Waals surface area contributed by atoms with Crippen LogP contribution in [0.25, 0.3) is 11.3 Å². The summed E-state index contributed by atoms with van der Waals surface area (Å²) < 4.78 is 13.4. The number of hydrogen-bond donors (Lipinski definition) is 1. The number of nitrogens with one attached hydrogen (secondary N) is 1. The van der Waals surface area contributed by atoms with Crippen molar-refractivity contribution >= 4 is 5.82 Å². The topological polar surface area (TPSA) is 37.8 Å². The molecule has 1 aromatic carbocycles. The Labute approximate surface area is 118 Å². The molecule has 0 radical (unpaired) electrons. The van der Waals surface area contributed by atoms with E-state index in [1.165, 1.54) is 12.1 Å². The molecule has 0 unspecified atom stereocenters. The first-order chi connectivity index (χ1) is 9.76. The van der Waals surface area contributed by atoms with Crippen LogP contribution < -0.4 is 5.32 Å². The number of hydrogen-bond acceptors (Lipinski definition) is 3. The first kappa shape index (κ1) is 13.0. The van der Waals surface area contributed by atoms with Gasteiger partial charge >= 0.3 is 0 Å². The molecule has 104 valence electrons. The summed E-state index contributed by atoms with van der Waals surface area (Å²) in [6, 6.07) is 8.45. The smallest absolute Gasteiger partial charge is 0.134 e. The van der Waals surface area contributed by atoms with Gasteiger partial charge in [-0.3, -0.25) is 0 Å². The minimum atomic E-state index is -0.239. The van der Waals surface area contributed by atoms with E-state index in [-0.39, 0.29) is 5.82 Å². The van der Waals surface area contributed by atoms with E-state index >= 15 is 0 Å². The highest BCUT2D eigenvalue weighted by atomic mass is 19.1. The van der Waals surface area contributed by atoms with Gasteiger partial charge in [0, 0.05) is 24.1 Å². The average Bonchev–Trinajstić information content (AvgIpc) is 3.29. The van der Waals surface area contributed by atoms with Crippen LogP contribution in [-0.2, 0) is 0 Å². The third kappa shape index (κ3) is 2.95. The van der Waals surface area contributed by atoms with Gasteiger partial charge in [-0.1, -0.05) is 19.1 Å². The normalized spacial score (nSPS) is 14.3. The lowest BCUT2D eigenvalue weighted by molar-refractivity contribution is 0.628. The van der Waals surface area contributed by atoms with Crippen LogP contribution in [0.3, 0.4) is 0 Å². The molecule has 3 rings (SSSR count). The Kier molecular flexibility index (Phi) is 3.63. The predicted molar refractivity (Wildman–Crippen MR) is 78.2 cm³/mol. The Balaban J connectivity index is 1.98. The monoisotopic (exact) mass is 271 g/mol. The number of anilines is 1. The Morgan fingerprint density at radius 1 is 1.25 bits per heavy atom. The summed E-state index contributed by atoms with van der Waals surface area (Å²) >= 11 is 0. The number of rotatable bonds is 5. The standard InChI is InChI=1S/C16H18FN3/c1-2-8-18-15-10-14(12-4-3-5-13(17)9-12)19-16(20-15)11-6-7-11/h3-5,9-11H,2,6-8H2,1H3,(H,18,19,20). The summed E-state index contributed by atoms with van der Waals surface area (Å²) in [5.41, 5.74) is 1.59. The van der Waals surface area contributed by atoms with Crippen molar-refractivity contribution in [2.24, 2.45) is 0 Å². The van der Waals surface area contributed by atoms with Crippen LogP contribution in [-0.4, -0.2) is 16.5 Å². The molecule has 2 aromatic rings. The van der Waals surface area contributed by atoms with Gasteiger partial charge in [0.05, 0.1) is 5.69 Å². The van der Waals surface area contributed by atoms with Crippen molar-refractivity contribution in [2.75, 3.05) is 11.9 Å². The molecule has 20 heavy (non-hydrogen) atoms. The first-order valence-electron chi connectivity index (χ1n) is 7.15. The van der Waals surface area contributed by atoms with E-state index in [9.17, 15) is 4.39 Å². The van der Waals surface area contributed by atoms with Gasteiger partial charge in [0.2, 0.25) is 0 Å². The minimum Gasteiger partial charge on any atom is -0.370 e. The average molecular weight is 271 g/mol. The highest BCUT2D eigenvalue weighted by Crippen LogP contribution is 2.39. The zero-order valence-corrected chi connectivity index (χ0v) is 11.6. The number of benzene rings is 1. The van der Waals surface area contributed by atoms with Crippen LogP contribution in [0, 0.1) is 5.82 Å². The second-order valence-electron chi connectivity index (χ2n) is 5.21. The van der Waals surface area contributed by atoms with Gasteiger partial charge in [0.1, 0.15) is 17.5 Å². The van der Waals surface area contributed by atoms with Crippen LogP contribution in [0.5, 0.6) is 0 Å². The SMILES string of the molecule is CCCNc1cc(-c2cccc(F)c2)nc(C2CC2)n1. The molecule has 0 bridgehead atoms. The van der Waals surface area contributed by atoms with E-state index in [1.807, 2.05) is 12.1 Å². The van der Waals surface area contributed by atoms with Crippen LogP contribution in [0.1, 0.15) is 37.9 Å². The molecular formula is C16H18FN3. The maximum absolute atomic E-state index is 13.4. The van der Waals surface area contributed by atoms with Crippen LogP contribution >= 0.6 is 0 Å². The summed E-state index contributed by atoms with van der Waals surface area (Å²) in [5.74, 6) is 1.95. The van der Waals surface area contributed by atoms with Gasteiger partial charge in [0.15, 0.2) is 0 Å². The van der Waals surface area contributed by atoms with E-state index in [0.29, 0.717) is 5.92 Å². The fourth-order valence-electron chi connectivity index (χ4n) is 2.13. The van der Waals surface area contributed by atoms with E-state index in [0.717, 1.165) is 48.7 Å². The molecule has 3 nitrogen and oxygen atoms in total. The first-order valence-corrected chi connectivity index (χ1v) is 7.15. The van der Waals surface area contributed by atoms with Crippen LogP contribution in [0.15, 0.2) is 30.3 Å². The van der Waals surface area contributed by atoms with Gasteiger partial charge in [-0.25, -0.2) is 14.4 Å². The molecule has 1 N–H and O–H groups in total. The molecule has 0 saturated heterocycles. The van der Waals surface area contributed by atoms with Crippen LogP contribution in [0.4, 0.5) is 10.2 Å². The van der Waals surface area contributed by atoms with Gasteiger partial charge in [-0.05, 0) is 31.4 Å². The van der Waals surface area contributed by atoms with Crippen LogP contribution in [0.2, 0.25) is 0 Å². The van der Waals surface area contributed by atoms with Gasteiger partial charge in [-0.15, -0.1) is 0 Å². The summed E-state index contributed by atoms with van der Waals surface area (Å²) in [7, 11) is 0. The fraction of sp³-hybridized carbons (Fsp3) is 0.375. The maximum atomic E-state index is 13.4. The summed E-state index contributed by atoms with van der Waals surface area (Å²) in [5, 5.41) is 3.30. The van der Waals surface area contributed by atoms with Crippen molar-refractivity contribution in [1.82, 2.24) is 9.97 Å². The van der Waals surface area contributed by atoms with Crippen molar-refractivity contribution in [3.8, 4) is 11.3 Å². The summed E-state index contributed by atoms with van der Waals surface area (Å²) in [6.07, 6.45) is 3.34. The number of halogens is 1. The predicted octanol–water partition coefficient (Wildman–Crippen LogP) is 3.98. The van der Waals surface area contributed by atoms with Crippen molar-refractivity contribution in [3.63, 3.8) is 0 Å². The number of nitrogens with zero attached hydrogens (tertiary/aromatic N) is 2. The molecular weight excluding hydrogens is 253 g/mol. The van der Waals surface area contributed by atoms with Crippen molar-refractivity contribution in [3.05, 3.63) is 42.0 Å². The Bertz CT molecular complexity index is 608. The minimum absolute atomic E-state index is 0.239. The largest absolute Gasteiger partial charge is 0.370 e. The molecule has 0 amide bonds. The Hall–Kier alpha value is -1.97. The molecule has 1 saturated carbocycles. The van der Waals surface area contributed by atoms with E-state index in [1.54, 1.807) is 6.07 Å². The van der Waals surface area contributed by atoms with Gasteiger partial charge in [-0.2, -0.15) is 0 Å². The fourth-order valence-corrected chi connectivity index (χ4v) is 2.13. The molecule has 1 aliphatic carbocycles. The molecule has 0 spiro atoms. The lowest BCUT2D eigenvalue weighted by atomic mass is 10.1. The van der Waals surface area contributed by atoms with E-state index in [2.05, 4.69) is 22.2 Å². The molecule has 1 fully saturated rings. The maximum Gasteiger partial charge on any atom is 0.134 e. The highest BCUT2D eigenvalue weighted by Gasteiger charge is 2.27. The molecule has 4 heteroatoms. The summed E-state index contributed by atoms with van der Waals surface area (Å²) in [4.78, 5) is 9.16. The lowest BCUT2D eigenvalue weighted by Gasteiger charge is -2.09. The Morgan fingerprint density at radius 3 is 2.80 bits per heavy atom. The van der Waals surface area contributed by atoms with Crippen molar-refractivity contribution in [2.45, 2.75) is 32.1 Å². The van der Waals surface area contributed by atoms with Crippen molar-refractivity contribution in [1.29, 1.82) is 0 Å². The number of aromatic nitrogens is 2. The molecule has 0 atom stereocenters. The van der Waals surface area contributed by atoms with Crippen molar-refractivity contribution < 1.29 is 4.39 Å². The molecule has 1 aliphatic rings. The van der Waals surface area contributed by atoms with E-state index < -0.39 is 0 Å². The lowest BCUT2D eigenvalue weighted by Crippen LogP contribution is -2.05. The third-order valence-corrected chi connectivity index (χ3v) is 3.36. The van der Waals surface area contributed by atoms with Gasteiger partial charge in [0.25, 0.3) is 0 Å². The zero-order valence-electron chi connectivity index (χ0n) is 11.6. The van der Waals surface area contributed by atoms with Gasteiger partial charge < -0.3 is 5.32 Å². The molecule has 1 aromatic heterocycles. The quantitative estimate of drug-likeness (QED) is 0.893. The molecule has 0 aliphatic heterocycles.